The van der Waals surface area contributed by atoms with Crippen molar-refractivity contribution < 1.29 is 4.74 Å². The molecule has 0 bridgehead atoms. The van der Waals surface area contributed by atoms with Crippen LogP contribution < -0.4 is 10.1 Å². The highest BCUT2D eigenvalue weighted by Gasteiger charge is 2.22. The van der Waals surface area contributed by atoms with Gasteiger partial charge < -0.3 is 10.1 Å². The second-order valence-corrected chi connectivity index (χ2v) is 5.42. The molecular formula is C14H15NOS. The van der Waals surface area contributed by atoms with Crippen molar-refractivity contribution in [2.24, 2.45) is 0 Å². The molecule has 88 valence electrons. The van der Waals surface area contributed by atoms with Crippen molar-refractivity contribution in [1.82, 2.24) is 0 Å². The van der Waals surface area contributed by atoms with Crippen molar-refractivity contribution in [3.05, 3.63) is 45.6 Å². The monoisotopic (exact) mass is 245 g/mol. The molecule has 0 aliphatic carbocycles. The van der Waals surface area contributed by atoms with E-state index in [0.29, 0.717) is 6.61 Å². The Bertz CT molecular complexity index is 547. The first-order valence-corrected chi connectivity index (χ1v) is 6.66. The second-order valence-electron chi connectivity index (χ2n) is 4.48. The molecule has 1 atom stereocenters. The third-order valence-electron chi connectivity index (χ3n) is 3.09. The van der Waals surface area contributed by atoms with Crippen LogP contribution >= 0.6 is 11.3 Å². The summed E-state index contributed by atoms with van der Waals surface area (Å²) in [6.07, 6.45) is 0. The smallest absolute Gasteiger partial charge is 0.142 e. The highest BCUT2D eigenvalue weighted by molar-refractivity contribution is 7.10. The maximum atomic E-state index is 5.81. The largest absolute Gasteiger partial charge is 0.489 e. The summed E-state index contributed by atoms with van der Waals surface area (Å²) in [5.74, 6) is 0.959. The zero-order valence-electron chi connectivity index (χ0n) is 9.99. The van der Waals surface area contributed by atoms with Gasteiger partial charge in [-0.2, -0.15) is 0 Å². The van der Waals surface area contributed by atoms with Gasteiger partial charge in [-0.3, -0.25) is 0 Å². The van der Waals surface area contributed by atoms with Gasteiger partial charge in [-0.15, -0.1) is 11.3 Å². The number of ether oxygens (including phenoxy) is 1. The third-order valence-corrected chi connectivity index (χ3v) is 4.22. The van der Waals surface area contributed by atoms with Crippen LogP contribution in [0.25, 0.3) is 0 Å². The van der Waals surface area contributed by atoms with Gasteiger partial charge in [-0.25, -0.2) is 0 Å². The summed E-state index contributed by atoms with van der Waals surface area (Å²) in [4.78, 5) is 1.37. The lowest BCUT2D eigenvalue weighted by Crippen LogP contribution is -2.23. The lowest BCUT2D eigenvalue weighted by molar-refractivity contribution is 0.287. The van der Waals surface area contributed by atoms with Crippen molar-refractivity contribution in [3.8, 4) is 5.75 Å². The predicted molar refractivity (Wildman–Crippen MR) is 72.1 cm³/mol. The van der Waals surface area contributed by atoms with E-state index in [1.165, 1.54) is 16.0 Å². The highest BCUT2D eigenvalue weighted by atomic mass is 32.1. The van der Waals surface area contributed by atoms with E-state index in [0.717, 1.165) is 11.4 Å². The summed E-state index contributed by atoms with van der Waals surface area (Å²) in [5, 5.41) is 5.70. The van der Waals surface area contributed by atoms with Crippen molar-refractivity contribution in [2.45, 2.75) is 19.9 Å². The van der Waals surface area contributed by atoms with Crippen LogP contribution in [0.2, 0.25) is 0 Å². The molecule has 17 heavy (non-hydrogen) atoms. The van der Waals surface area contributed by atoms with E-state index in [2.05, 4.69) is 42.7 Å². The molecule has 0 radical (unpaired) electrons. The molecule has 1 aliphatic heterocycles. The van der Waals surface area contributed by atoms with Crippen LogP contribution in [0.15, 0.2) is 29.6 Å². The number of aryl methyl sites for hydroxylation is 2. The van der Waals surface area contributed by atoms with Gasteiger partial charge in [0.15, 0.2) is 0 Å². The molecular weight excluding hydrogens is 230 g/mol. The van der Waals surface area contributed by atoms with Gasteiger partial charge in [0.2, 0.25) is 0 Å². The Balaban J connectivity index is 1.92. The predicted octanol–water partition coefficient (Wildman–Crippen LogP) is 3.91. The van der Waals surface area contributed by atoms with Gasteiger partial charge in [0.25, 0.3) is 0 Å². The van der Waals surface area contributed by atoms with Crippen LogP contribution in [0, 0.1) is 13.8 Å². The Morgan fingerprint density at radius 2 is 2.18 bits per heavy atom. The zero-order valence-corrected chi connectivity index (χ0v) is 10.8. The summed E-state index contributed by atoms with van der Waals surface area (Å²) >= 11 is 1.79. The first-order chi connectivity index (χ1) is 8.24. The molecule has 2 heterocycles. The Hall–Kier alpha value is -1.48. The fourth-order valence-electron chi connectivity index (χ4n) is 2.17. The van der Waals surface area contributed by atoms with Crippen molar-refractivity contribution in [1.29, 1.82) is 0 Å². The summed E-state index contributed by atoms with van der Waals surface area (Å²) < 4.78 is 5.81. The van der Waals surface area contributed by atoms with Crippen LogP contribution in [0.3, 0.4) is 0 Å². The van der Waals surface area contributed by atoms with E-state index in [4.69, 9.17) is 4.74 Å². The van der Waals surface area contributed by atoms with E-state index in [9.17, 15) is 0 Å². The molecule has 0 saturated carbocycles. The van der Waals surface area contributed by atoms with E-state index in [1.54, 1.807) is 11.3 Å². The van der Waals surface area contributed by atoms with Gasteiger partial charge in [0.05, 0.1) is 11.7 Å². The van der Waals surface area contributed by atoms with Gasteiger partial charge in [-0.05, 0) is 48.6 Å². The number of rotatable bonds is 1. The Morgan fingerprint density at radius 3 is 2.94 bits per heavy atom. The molecule has 0 saturated heterocycles. The fraction of sp³-hybridized carbons (Fsp3) is 0.286. The standard InChI is InChI=1S/C14H15NOS/c1-9-3-4-13-11(7-9)15-12(8-16-13)14-10(2)5-6-17-14/h3-7,12,15H,8H2,1-2H3. The van der Waals surface area contributed by atoms with Gasteiger partial charge in [0.1, 0.15) is 12.4 Å². The Morgan fingerprint density at radius 1 is 1.29 bits per heavy atom. The van der Waals surface area contributed by atoms with Crippen LogP contribution in [-0.2, 0) is 0 Å². The molecule has 0 fully saturated rings. The fourth-order valence-corrected chi connectivity index (χ4v) is 3.13. The number of thiophene rings is 1. The topological polar surface area (TPSA) is 21.3 Å². The number of benzene rings is 1. The molecule has 1 N–H and O–H groups in total. The molecule has 1 aromatic heterocycles. The van der Waals surface area contributed by atoms with Crippen LogP contribution in [0.5, 0.6) is 5.75 Å². The molecule has 3 rings (SSSR count). The number of fused-ring (bicyclic) bond motifs is 1. The molecule has 0 spiro atoms. The van der Waals surface area contributed by atoms with E-state index >= 15 is 0 Å². The molecule has 2 aromatic rings. The normalized spacial score (nSPS) is 18.1. The minimum absolute atomic E-state index is 0.282. The lowest BCUT2D eigenvalue weighted by Gasteiger charge is -2.27. The maximum Gasteiger partial charge on any atom is 0.142 e. The maximum absolute atomic E-state index is 5.81. The van der Waals surface area contributed by atoms with Crippen LogP contribution in [0.1, 0.15) is 22.0 Å². The van der Waals surface area contributed by atoms with E-state index < -0.39 is 0 Å². The quantitative estimate of drug-likeness (QED) is 0.822. The van der Waals surface area contributed by atoms with Gasteiger partial charge in [-0.1, -0.05) is 6.07 Å². The van der Waals surface area contributed by atoms with Crippen LogP contribution in [0.4, 0.5) is 5.69 Å². The molecule has 3 heteroatoms. The average molecular weight is 245 g/mol. The second kappa shape index (κ2) is 4.08. The summed E-state index contributed by atoms with van der Waals surface area (Å²) in [5.41, 5.74) is 3.70. The Labute approximate surface area is 105 Å². The molecule has 1 aromatic carbocycles. The number of hydrogen-bond donors (Lipinski definition) is 1. The third kappa shape index (κ3) is 1.91. The number of hydrogen-bond acceptors (Lipinski definition) is 3. The average Bonchev–Trinajstić information content (AvgIpc) is 2.74. The molecule has 2 nitrogen and oxygen atoms in total. The molecule has 1 unspecified atom stereocenters. The molecule has 0 amide bonds. The van der Waals surface area contributed by atoms with E-state index in [-0.39, 0.29) is 6.04 Å². The summed E-state index contributed by atoms with van der Waals surface area (Å²) in [6.45, 7) is 4.96. The first-order valence-electron chi connectivity index (χ1n) is 5.78. The first kappa shape index (κ1) is 10.7. The Kier molecular flexibility index (Phi) is 2.56. The number of anilines is 1. The lowest BCUT2D eigenvalue weighted by atomic mass is 10.1. The zero-order chi connectivity index (χ0) is 11.8. The summed E-state index contributed by atoms with van der Waals surface area (Å²) in [7, 11) is 0. The number of nitrogens with one attached hydrogen (secondary N) is 1. The van der Waals surface area contributed by atoms with Crippen LogP contribution in [-0.4, -0.2) is 6.61 Å². The SMILES string of the molecule is Cc1ccc2c(c1)NC(c1sccc1C)CO2. The van der Waals surface area contributed by atoms with Crippen molar-refractivity contribution in [2.75, 3.05) is 11.9 Å². The minimum atomic E-state index is 0.282. The van der Waals surface area contributed by atoms with Crippen molar-refractivity contribution >= 4 is 17.0 Å². The van der Waals surface area contributed by atoms with Gasteiger partial charge in [0, 0.05) is 4.88 Å². The van der Waals surface area contributed by atoms with E-state index in [1.807, 2.05) is 6.07 Å². The molecule has 1 aliphatic rings. The van der Waals surface area contributed by atoms with Crippen molar-refractivity contribution in [3.63, 3.8) is 0 Å². The minimum Gasteiger partial charge on any atom is -0.489 e. The summed E-state index contributed by atoms with van der Waals surface area (Å²) in [6, 6.07) is 8.70. The van der Waals surface area contributed by atoms with Gasteiger partial charge >= 0.3 is 0 Å². The highest BCUT2D eigenvalue weighted by Crippen LogP contribution is 2.36.